The van der Waals surface area contributed by atoms with Gasteiger partial charge in [0.1, 0.15) is 17.5 Å². The Kier molecular flexibility index (Phi) is 3.24. The Labute approximate surface area is 95.6 Å². The van der Waals surface area contributed by atoms with E-state index in [0.29, 0.717) is 11.9 Å². The third-order valence-corrected chi connectivity index (χ3v) is 2.90. The zero-order chi connectivity index (χ0) is 11.5. The van der Waals surface area contributed by atoms with Crippen LogP contribution in [0.4, 0.5) is 11.6 Å². The average molecular weight is 222 g/mol. The van der Waals surface area contributed by atoms with Gasteiger partial charge < -0.3 is 15.4 Å². The first-order valence-corrected chi connectivity index (χ1v) is 5.64. The van der Waals surface area contributed by atoms with Crippen molar-refractivity contribution in [2.24, 2.45) is 0 Å². The number of aromatic nitrogens is 2. The van der Waals surface area contributed by atoms with Gasteiger partial charge in [0.2, 0.25) is 0 Å². The number of hydrogen-bond acceptors (Lipinski definition) is 5. The Hall–Kier alpha value is -1.36. The highest BCUT2D eigenvalue weighted by Gasteiger charge is 2.23. The summed E-state index contributed by atoms with van der Waals surface area (Å²) in [4.78, 5) is 10.9. The summed E-state index contributed by atoms with van der Waals surface area (Å²) < 4.78 is 5.33. The summed E-state index contributed by atoms with van der Waals surface area (Å²) >= 11 is 0. The van der Waals surface area contributed by atoms with Crippen molar-refractivity contribution in [2.75, 3.05) is 30.8 Å². The lowest BCUT2D eigenvalue weighted by Gasteiger charge is -2.17. The van der Waals surface area contributed by atoms with Crippen LogP contribution in [-0.4, -0.2) is 36.3 Å². The molecule has 1 aromatic rings. The van der Waals surface area contributed by atoms with E-state index in [2.05, 4.69) is 14.9 Å². The molecule has 2 rings (SSSR count). The fourth-order valence-electron chi connectivity index (χ4n) is 1.95. The van der Waals surface area contributed by atoms with Gasteiger partial charge in [0.15, 0.2) is 0 Å². The summed E-state index contributed by atoms with van der Waals surface area (Å²) in [5.41, 5.74) is 5.76. The van der Waals surface area contributed by atoms with E-state index in [1.165, 1.54) is 0 Å². The molecule has 1 aromatic heterocycles. The van der Waals surface area contributed by atoms with Crippen molar-refractivity contribution < 1.29 is 4.74 Å². The standard InChI is InChI=1S/C11H18N4O/c1-3-10-13-9(12)6-11(14-10)15-5-4-8(7-15)16-2/h6,8H,3-5,7H2,1-2H3,(H2,12,13,14). The molecule has 1 aliphatic rings. The largest absolute Gasteiger partial charge is 0.384 e. The van der Waals surface area contributed by atoms with Crippen LogP contribution < -0.4 is 10.6 Å². The van der Waals surface area contributed by atoms with Gasteiger partial charge in [-0.25, -0.2) is 9.97 Å². The highest BCUT2D eigenvalue weighted by atomic mass is 16.5. The smallest absolute Gasteiger partial charge is 0.134 e. The zero-order valence-corrected chi connectivity index (χ0v) is 9.81. The van der Waals surface area contributed by atoms with E-state index in [1.54, 1.807) is 7.11 Å². The highest BCUT2D eigenvalue weighted by molar-refractivity contribution is 5.47. The summed E-state index contributed by atoms with van der Waals surface area (Å²) in [6.07, 6.45) is 2.16. The van der Waals surface area contributed by atoms with Crippen LogP contribution in [0.2, 0.25) is 0 Å². The molecule has 1 aliphatic heterocycles. The van der Waals surface area contributed by atoms with Gasteiger partial charge in [-0.05, 0) is 6.42 Å². The molecule has 5 nitrogen and oxygen atoms in total. The first-order valence-electron chi connectivity index (χ1n) is 5.64. The fraction of sp³-hybridized carbons (Fsp3) is 0.636. The van der Waals surface area contributed by atoms with Gasteiger partial charge in [-0.2, -0.15) is 0 Å². The predicted octanol–water partition coefficient (Wildman–Crippen LogP) is 0.846. The molecule has 0 aliphatic carbocycles. The van der Waals surface area contributed by atoms with Crippen LogP contribution in [-0.2, 0) is 11.2 Å². The number of nitrogen functional groups attached to an aromatic ring is 1. The third-order valence-electron chi connectivity index (χ3n) is 2.90. The van der Waals surface area contributed by atoms with Crippen LogP contribution in [0, 0.1) is 0 Å². The van der Waals surface area contributed by atoms with Crippen molar-refractivity contribution in [1.29, 1.82) is 0 Å². The van der Waals surface area contributed by atoms with Crippen molar-refractivity contribution in [3.05, 3.63) is 11.9 Å². The van der Waals surface area contributed by atoms with Gasteiger partial charge >= 0.3 is 0 Å². The monoisotopic (exact) mass is 222 g/mol. The lowest BCUT2D eigenvalue weighted by atomic mass is 10.3. The van der Waals surface area contributed by atoms with Crippen LogP contribution in [0.15, 0.2) is 6.07 Å². The average Bonchev–Trinajstić information content (AvgIpc) is 2.76. The van der Waals surface area contributed by atoms with Gasteiger partial charge in [-0.1, -0.05) is 6.92 Å². The molecule has 1 unspecified atom stereocenters. The highest BCUT2D eigenvalue weighted by Crippen LogP contribution is 2.21. The number of ether oxygens (including phenoxy) is 1. The van der Waals surface area contributed by atoms with Gasteiger partial charge in [-0.15, -0.1) is 0 Å². The SMILES string of the molecule is CCc1nc(N)cc(N2CCC(OC)C2)n1. The van der Waals surface area contributed by atoms with Crippen LogP contribution in [0.25, 0.3) is 0 Å². The summed E-state index contributed by atoms with van der Waals surface area (Å²) in [6, 6.07) is 1.83. The summed E-state index contributed by atoms with van der Waals surface area (Å²) in [5.74, 6) is 2.27. The number of nitrogens with zero attached hydrogens (tertiary/aromatic N) is 3. The maximum Gasteiger partial charge on any atom is 0.134 e. The van der Waals surface area contributed by atoms with Crippen molar-refractivity contribution in [3.8, 4) is 0 Å². The van der Waals surface area contributed by atoms with Crippen molar-refractivity contribution in [1.82, 2.24) is 9.97 Å². The first-order chi connectivity index (χ1) is 7.72. The molecule has 1 fully saturated rings. The minimum absolute atomic E-state index is 0.307. The van der Waals surface area contributed by atoms with E-state index in [-0.39, 0.29) is 0 Å². The second kappa shape index (κ2) is 4.65. The van der Waals surface area contributed by atoms with E-state index in [4.69, 9.17) is 10.5 Å². The summed E-state index contributed by atoms with van der Waals surface area (Å²) in [5, 5.41) is 0. The summed E-state index contributed by atoms with van der Waals surface area (Å²) in [6.45, 7) is 3.88. The van der Waals surface area contributed by atoms with Gasteiger partial charge in [0, 0.05) is 32.7 Å². The molecule has 2 N–H and O–H groups in total. The van der Waals surface area contributed by atoms with E-state index in [9.17, 15) is 0 Å². The number of anilines is 2. The fourth-order valence-corrected chi connectivity index (χ4v) is 1.95. The predicted molar refractivity (Wildman–Crippen MR) is 63.4 cm³/mol. The lowest BCUT2D eigenvalue weighted by Crippen LogP contribution is -2.23. The Morgan fingerprint density at radius 3 is 3.00 bits per heavy atom. The van der Waals surface area contributed by atoms with Gasteiger partial charge in [0.05, 0.1) is 6.10 Å². The van der Waals surface area contributed by atoms with Crippen molar-refractivity contribution >= 4 is 11.6 Å². The maximum absolute atomic E-state index is 5.76. The van der Waals surface area contributed by atoms with Crippen LogP contribution in [0.1, 0.15) is 19.2 Å². The molecule has 5 heteroatoms. The number of aryl methyl sites for hydroxylation is 1. The van der Waals surface area contributed by atoms with E-state index < -0.39 is 0 Å². The quantitative estimate of drug-likeness (QED) is 0.821. The number of methoxy groups -OCH3 is 1. The molecule has 1 atom stereocenters. The molecular weight excluding hydrogens is 204 g/mol. The second-order valence-electron chi connectivity index (χ2n) is 4.01. The second-order valence-corrected chi connectivity index (χ2v) is 4.01. The van der Waals surface area contributed by atoms with Crippen LogP contribution in [0.3, 0.4) is 0 Å². The molecule has 1 saturated heterocycles. The number of rotatable bonds is 3. The summed E-state index contributed by atoms with van der Waals surface area (Å²) in [7, 11) is 1.75. The van der Waals surface area contributed by atoms with Crippen LogP contribution >= 0.6 is 0 Å². The molecule has 0 bridgehead atoms. The van der Waals surface area contributed by atoms with Crippen LogP contribution in [0.5, 0.6) is 0 Å². The van der Waals surface area contributed by atoms with Crippen molar-refractivity contribution in [2.45, 2.75) is 25.9 Å². The third kappa shape index (κ3) is 2.24. The van der Waals surface area contributed by atoms with E-state index in [1.807, 2.05) is 13.0 Å². The maximum atomic E-state index is 5.76. The molecule has 0 saturated carbocycles. The number of hydrogen-bond donors (Lipinski definition) is 1. The molecule has 0 aromatic carbocycles. The molecule has 16 heavy (non-hydrogen) atoms. The Morgan fingerprint density at radius 1 is 1.56 bits per heavy atom. The van der Waals surface area contributed by atoms with Gasteiger partial charge in [-0.3, -0.25) is 0 Å². The normalized spacial score (nSPS) is 20.4. The molecule has 0 spiro atoms. The minimum atomic E-state index is 0.307. The molecule has 2 heterocycles. The molecule has 88 valence electrons. The van der Waals surface area contributed by atoms with Gasteiger partial charge in [0.25, 0.3) is 0 Å². The Bertz CT molecular complexity index is 369. The molecule has 0 radical (unpaired) electrons. The zero-order valence-electron chi connectivity index (χ0n) is 9.81. The lowest BCUT2D eigenvalue weighted by molar-refractivity contribution is 0.121. The minimum Gasteiger partial charge on any atom is -0.384 e. The Balaban J connectivity index is 2.17. The van der Waals surface area contributed by atoms with Crippen molar-refractivity contribution in [3.63, 3.8) is 0 Å². The number of nitrogens with two attached hydrogens (primary N) is 1. The molecule has 0 amide bonds. The molecular formula is C11H18N4O. The Morgan fingerprint density at radius 2 is 2.38 bits per heavy atom. The van der Waals surface area contributed by atoms with E-state index >= 15 is 0 Å². The topological polar surface area (TPSA) is 64.3 Å². The van der Waals surface area contributed by atoms with E-state index in [0.717, 1.165) is 37.6 Å². The first kappa shape index (κ1) is 11.1.